The maximum absolute atomic E-state index is 12.9. The van der Waals surface area contributed by atoms with Crippen molar-refractivity contribution in [3.63, 3.8) is 0 Å². The molecule has 1 heterocycles. The molecule has 1 atom stereocenters. The van der Waals surface area contributed by atoms with E-state index in [1.165, 1.54) is 0 Å². The van der Waals surface area contributed by atoms with Gasteiger partial charge < -0.3 is 0 Å². The highest BCUT2D eigenvalue weighted by Crippen LogP contribution is 2.33. The Morgan fingerprint density at radius 1 is 1.08 bits per heavy atom. The summed E-state index contributed by atoms with van der Waals surface area (Å²) >= 11 is 0. The van der Waals surface area contributed by atoms with Crippen LogP contribution in [0.3, 0.4) is 0 Å². The van der Waals surface area contributed by atoms with Gasteiger partial charge in [0.25, 0.3) is 0 Å². The van der Waals surface area contributed by atoms with Crippen LogP contribution in [0.25, 0.3) is 11.1 Å². The highest BCUT2D eigenvalue weighted by atomic mass is 19.4. The van der Waals surface area contributed by atoms with Gasteiger partial charge in [0.1, 0.15) is 0 Å². The summed E-state index contributed by atoms with van der Waals surface area (Å²) in [6, 6.07) is 17.3. The van der Waals surface area contributed by atoms with E-state index in [2.05, 4.69) is 6.07 Å². The number of nitriles is 1. The third-order valence-corrected chi connectivity index (χ3v) is 4.69. The summed E-state index contributed by atoms with van der Waals surface area (Å²) in [7, 11) is 0. The van der Waals surface area contributed by atoms with Crippen LogP contribution >= 0.6 is 0 Å². The van der Waals surface area contributed by atoms with E-state index in [4.69, 9.17) is 0 Å². The fraction of sp³-hybridized carbons (Fsp3) is 0.350. The van der Waals surface area contributed by atoms with E-state index in [0.717, 1.165) is 16.7 Å². The van der Waals surface area contributed by atoms with E-state index >= 15 is 0 Å². The van der Waals surface area contributed by atoms with Gasteiger partial charge in [0.15, 0.2) is 0 Å². The van der Waals surface area contributed by atoms with E-state index < -0.39 is 12.1 Å². The fourth-order valence-electron chi connectivity index (χ4n) is 3.35. The van der Waals surface area contributed by atoms with Crippen LogP contribution < -0.4 is 0 Å². The maximum Gasteiger partial charge on any atom is 0.393 e. The van der Waals surface area contributed by atoms with Crippen molar-refractivity contribution < 1.29 is 13.2 Å². The Balaban J connectivity index is 1.70. The second-order valence-corrected chi connectivity index (χ2v) is 6.47. The fourth-order valence-corrected chi connectivity index (χ4v) is 3.35. The number of piperidine rings is 1. The summed E-state index contributed by atoms with van der Waals surface area (Å²) < 4.78 is 38.7. The van der Waals surface area contributed by atoms with Crippen LogP contribution in [-0.4, -0.2) is 24.2 Å². The molecule has 0 spiro atoms. The van der Waals surface area contributed by atoms with Crippen LogP contribution in [-0.2, 0) is 6.54 Å². The van der Waals surface area contributed by atoms with Crippen molar-refractivity contribution >= 4 is 0 Å². The second-order valence-electron chi connectivity index (χ2n) is 6.47. The molecule has 0 N–H and O–H groups in total. The molecule has 0 unspecified atom stereocenters. The number of rotatable bonds is 3. The SMILES string of the molecule is N#Cc1ccccc1-c1ccc(CN2CCC[C@H](C(F)(F)F)C2)cc1. The van der Waals surface area contributed by atoms with Crippen molar-refractivity contribution in [3.8, 4) is 17.2 Å². The van der Waals surface area contributed by atoms with E-state index in [9.17, 15) is 18.4 Å². The molecule has 0 aliphatic carbocycles. The average molecular weight is 344 g/mol. The average Bonchev–Trinajstić information content (AvgIpc) is 2.62. The monoisotopic (exact) mass is 344 g/mol. The predicted molar refractivity (Wildman–Crippen MR) is 90.6 cm³/mol. The highest BCUT2D eigenvalue weighted by molar-refractivity contribution is 5.70. The highest BCUT2D eigenvalue weighted by Gasteiger charge is 2.41. The largest absolute Gasteiger partial charge is 0.393 e. The first-order valence-corrected chi connectivity index (χ1v) is 8.35. The lowest BCUT2D eigenvalue weighted by Crippen LogP contribution is -2.41. The third-order valence-electron chi connectivity index (χ3n) is 4.69. The van der Waals surface area contributed by atoms with Gasteiger partial charge in [-0.15, -0.1) is 0 Å². The van der Waals surface area contributed by atoms with Crippen LogP contribution in [0.1, 0.15) is 24.0 Å². The molecule has 2 nitrogen and oxygen atoms in total. The standard InChI is InChI=1S/C20H19F3N2/c21-20(22,23)18-5-3-11-25(14-18)13-15-7-9-16(10-8-15)19-6-2-1-4-17(19)12-24/h1-2,4,6-10,18H,3,5,11,13-14H2/t18-/m0/s1. The second kappa shape index (κ2) is 7.28. The molecule has 0 amide bonds. The number of hydrogen-bond acceptors (Lipinski definition) is 2. The summed E-state index contributed by atoms with van der Waals surface area (Å²) in [4.78, 5) is 1.87. The van der Waals surface area contributed by atoms with Gasteiger partial charge in [-0.25, -0.2) is 0 Å². The molecular formula is C20H19F3N2. The van der Waals surface area contributed by atoms with Crippen LogP contribution in [0.15, 0.2) is 48.5 Å². The number of benzene rings is 2. The number of nitrogens with zero attached hydrogens (tertiary/aromatic N) is 2. The van der Waals surface area contributed by atoms with Gasteiger partial charge >= 0.3 is 6.18 Å². The van der Waals surface area contributed by atoms with Crippen molar-refractivity contribution in [1.29, 1.82) is 5.26 Å². The Morgan fingerprint density at radius 2 is 1.80 bits per heavy atom. The summed E-state index contributed by atoms with van der Waals surface area (Å²) in [5.41, 5.74) is 3.40. The molecule has 0 radical (unpaired) electrons. The molecule has 0 aromatic heterocycles. The van der Waals surface area contributed by atoms with Gasteiger partial charge in [-0.05, 0) is 42.1 Å². The summed E-state index contributed by atoms with van der Waals surface area (Å²) in [5.74, 6) is -1.22. The minimum absolute atomic E-state index is 0.0719. The quantitative estimate of drug-likeness (QED) is 0.783. The zero-order valence-electron chi connectivity index (χ0n) is 13.8. The summed E-state index contributed by atoms with van der Waals surface area (Å²) in [6.45, 7) is 1.29. The molecule has 0 saturated carbocycles. The third kappa shape index (κ3) is 4.21. The molecule has 1 aliphatic rings. The molecule has 3 rings (SSSR count). The van der Waals surface area contributed by atoms with Crippen LogP contribution in [0.4, 0.5) is 13.2 Å². The smallest absolute Gasteiger partial charge is 0.298 e. The van der Waals surface area contributed by atoms with E-state index in [0.29, 0.717) is 25.1 Å². The predicted octanol–water partition coefficient (Wildman–Crippen LogP) is 5.00. The van der Waals surface area contributed by atoms with E-state index in [1.807, 2.05) is 47.4 Å². The molecule has 5 heteroatoms. The molecular weight excluding hydrogens is 325 g/mol. The van der Waals surface area contributed by atoms with Gasteiger partial charge in [0.2, 0.25) is 0 Å². The van der Waals surface area contributed by atoms with Crippen molar-refractivity contribution in [2.75, 3.05) is 13.1 Å². The van der Waals surface area contributed by atoms with E-state index in [-0.39, 0.29) is 13.0 Å². The first-order chi connectivity index (χ1) is 12.0. The molecule has 130 valence electrons. The molecule has 1 aliphatic heterocycles. The van der Waals surface area contributed by atoms with Gasteiger partial charge in [-0.3, -0.25) is 4.90 Å². The Bertz CT molecular complexity index is 760. The Kier molecular flexibility index (Phi) is 5.10. The van der Waals surface area contributed by atoms with Crippen LogP contribution in [0.5, 0.6) is 0 Å². The number of alkyl halides is 3. The van der Waals surface area contributed by atoms with Gasteiger partial charge in [0.05, 0.1) is 17.6 Å². The molecule has 1 fully saturated rings. The molecule has 2 aromatic carbocycles. The zero-order chi connectivity index (χ0) is 17.9. The first kappa shape index (κ1) is 17.5. The summed E-state index contributed by atoms with van der Waals surface area (Å²) in [6.07, 6.45) is -3.30. The minimum atomic E-state index is -4.11. The number of likely N-dealkylation sites (tertiary alicyclic amines) is 1. The number of halogens is 3. The van der Waals surface area contributed by atoms with Gasteiger partial charge in [-0.1, -0.05) is 42.5 Å². The topological polar surface area (TPSA) is 27.0 Å². The minimum Gasteiger partial charge on any atom is -0.298 e. The zero-order valence-corrected chi connectivity index (χ0v) is 13.8. The van der Waals surface area contributed by atoms with Gasteiger partial charge in [0, 0.05) is 13.1 Å². The lowest BCUT2D eigenvalue weighted by atomic mass is 9.96. The van der Waals surface area contributed by atoms with Crippen molar-refractivity contribution in [3.05, 3.63) is 59.7 Å². The molecule has 25 heavy (non-hydrogen) atoms. The molecule has 2 aromatic rings. The van der Waals surface area contributed by atoms with Crippen molar-refractivity contribution in [2.45, 2.75) is 25.6 Å². The van der Waals surface area contributed by atoms with Gasteiger partial charge in [-0.2, -0.15) is 18.4 Å². The van der Waals surface area contributed by atoms with Crippen molar-refractivity contribution in [1.82, 2.24) is 4.90 Å². The normalized spacial score (nSPS) is 18.7. The Labute approximate surface area is 145 Å². The van der Waals surface area contributed by atoms with Crippen LogP contribution in [0, 0.1) is 17.2 Å². The number of hydrogen-bond donors (Lipinski definition) is 0. The maximum atomic E-state index is 12.9. The Hall–Kier alpha value is -2.32. The lowest BCUT2D eigenvalue weighted by Gasteiger charge is -2.33. The molecule has 0 bridgehead atoms. The summed E-state index contributed by atoms with van der Waals surface area (Å²) in [5, 5.41) is 9.19. The van der Waals surface area contributed by atoms with Crippen molar-refractivity contribution in [2.24, 2.45) is 5.92 Å². The first-order valence-electron chi connectivity index (χ1n) is 8.35. The van der Waals surface area contributed by atoms with E-state index in [1.54, 1.807) is 6.07 Å². The molecule has 1 saturated heterocycles. The Morgan fingerprint density at radius 3 is 2.48 bits per heavy atom. The lowest BCUT2D eigenvalue weighted by molar-refractivity contribution is -0.187. The van der Waals surface area contributed by atoms with Crippen LogP contribution in [0.2, 0.25) is 0 Å².